The topological polar surface area (TPSA) is 108 Å². The van der Waals surface area contributed by atoms with Gasteiger partial charge >= 0.3 is 11.9 Å². The van der Waals surface area contributed by atoms with Gasteiger partial charge in [-0.15, -0.1) is 0 Å². The molecule has 7 heteroatoms. The number of carboxylic acids is 1. The van der Waals surface area contributed by atoms with Crippen molar-refractivity contribution in [1.82, 2.24) is 10.3 Å². The lowest BCUT2D eigenvalue weighted by molar-refractivity contribution is -0.146. The van der Waals surface area contributed by atoms with E-state index in [4.69, 9.17) is 9.84 Å². The maximum absolute atomic E-state index is 11.8. The summed E-state index contributed by atoms with van der Waals surface area (Å²) in [7, 11) is 0. The Hall–Kier alpha value is -2.83. The van der Waals surface area contributed by atoms with E-state index in [2.05, 4.69) is 10.3 Å². The van der Waals surface area contributed by atoms with Crippen molar-refractivity contribution in [3.63, 3.8) is 0 Å². The maximum atomic E-state index is 11.8. The van der Waals surface area contributed by atoms with Crippen LogP contribution in [-0.4, -0.2) is 34.0 Å². The third-order valence-corrected chi connectivity index (χ3v) is 2.82. The van der Waals surface area contributed by atoms with Crippen LogP contribution in [-0.2, 0) is 14.4 Å². The van der Waals surface area contributed by atoms with E-state index in [0.717, 1.165) is 10.9 Å². The molecule has 0 aliphatic heterocycles. The lowest BCUT2D eigenvalue weighted by Gasteiger charge is -2.12. The number of para-hydroxylation sites is 1. The Morgan fingerprint density at radius 2 is 2.05 bits per heavy atom. The fourth-order valence-electron chi connectivity index (χ4n) is 1.91. The standard InChI is InChI=1S/C14H14N2O5/c1-8(17)16-11(14(19)20)6-13(18)21-12-7-15-10-5-3-2-4-9(10)12/h2-5,7,11,15H,6H2,1H3,(H,16,17)(H,19,20)/t11-/m0/s1. The van der Waals surface area contributed by atoms with Gasteiger partial charge in [0.25, 0.3) is 0 Å². The van der Waals surface area contributed by atoms with E-state index < -0.39 is 30.3 Å². The van der Waals surface area contributed by atoms with Crippen LogP contribution < -0.4 is 10.1 Å². The van der Waals surface area contributed by atoms with Crippen LogP contribution in [0.5, 0.6) is 5.75 Å². The van der Waals surface area contributed by atoms with Gasteiger partial charge in [-0.2, -0.15) is 0 Å². The normalized spacial score (nSPS) is 11.9. The Labute approximate surface area is 119 Å². The van der Waals surface area contributed by atoms with Gasteiger partial charge in [0.15, 0.2) is 5.75 Å². The second-order valence-electron chi connectivity index (χ2n) is 4.47. The van der Waals surface area contributed by atoms with Gasteiger partial charge in [-0.05, 0) is 12.1 Å². The molecule has 1 heterocycles. The Morgan fingerprint density at radius 3 is 2.71 bits per heavy atom. The van der Waals surface area contributed by atoms with E-state index in [1.165, 1.54) is 13.1 Å². The number of carbonyl (C=O) groups is 3. The molecule has 1 aromatic heterocycles. The number of esters is 1. The summed E-state index contributed by atoms with van der Waals surface area (Å²) in [5, 5.41) is 11.8. The zero-order chi connectivity index (χ0) is 15.4. The van der Waals surface area contributed by atoms with E-state index >= 15 is 0 Å². The fourth-order valence-corrected chi connectivity index (χ4v) is 1.91. The van der Waals surface area contributed by atoms with Crippen molar-refractivity contribution in [2.75, 3.05) is 0 Å². The molecule has 1 aromatic carbocycles. The van der Waals surface area contributed by atoms with Crippen molar-refractivity contribution < 1.29 is 24.2 Å². The molecule has 21 heavy (non-hydrogen) atoms. The molecule has 0 saturated carbocycles. The highest BCUT2D eigenvalue weighted by Gasteiger charge is 2.23. The van der Waals surface area contributed by atoms with Crippen molar-refractivity contribution in [3.8, 4) is 5.75 Å². The van der Waals surface area contributed by atoms with E-state index in [-0.39, 0.29) is 0 Å². The average molecular weight is 290 g/mol. The van der Waals surface area contributed by atoms with E-state index in [0.29, 0.717) is 5.75 Å². The van der Waals surface area contributed by atoms with Crippen LogP contribution in [0.1, 0.15) is 13.3 Å². The minimum absolute atomic E-state index is 0.322. The summed E-state index contributed by atoms with van der Waals surface area (Å²) >= 11 is 0. The number of ether oxygens (including phenoxy) is 1. The predicted molar refractivity (Wildman–Crippen MR) is 73.8 cm³/mol. The Morgan fingerprint density at radius 1 is 1.33 bits per heavy atom. The number of hydrogen-bond acceptors (Lipinski definition) is 4. The Balaban J connectivity index is 2.07. The van der Waals surface area contributed by atoms with Crippen LogP contribution in [0.15, 0.2) is 30.5 Å². The van der Waals surface area contributed by atoms with Crippen molar-refractivity contribution >= 4 is 28.7 Å². The van der Waals surface area contributed by atoms with Gasteiger partial charge in [-0.25, -0.2) is 4.79 Å². The smallest absolute Gasteiger partial charge is 0.326 e. The first-order valence-electron chi connectivity index (χ1n) is 6.24. The van der Waals surface area contributed by atoms with E-state index in [1.54, 1.807) is 12.1 Å². The second kappa shape index (κ2) is 6.08. The van der Waals surface area contributed by atoms with Crippen LogP contribution in [0.25, 0.3) is 10.9 Å². The molecule has 0 saturated heterocycles. The highest BCUT2D eigenvalue weighted by atomic mass is 16.5. The lowest BCUT2D eigenvalue weighted by Crippen LogP contribution is -2.41. The van der Waals surface area contributed by atoms with Crippen molar-refractivity contribution in [1.29, 1.82) is 0 Å². The minimum atomic E-state index is -1.31. The number of aromatic nitrogens is 1. The molecule has 0 aliphatic rings. The molecule has 0 unspecified atom stereocenters. The van der Waals surface area contributed by atoms with Gasteiger partial charge in [0.05, 0.1) is 6.42 Å². The first kappa shape index (κ1) is 14.6. The monoisotopic (exact) mass is 290 g/mol. The summed E-state index contributed by atoms with van der Waals surface area (Å²) in [6.45, 7) is 1.18. The first-order chi connectivity index (χ1) is 9.97. The molecular formula is C14H14N2O5. The summed E-state index contributed by atoms with van der Waals surface area (Å²) in [5.74, 6) is -2.23. The largest absolute Gasteiger partial charge is 0.480 e. The van der Waals surface area contributed by atoms with Gasteiger partial charge in [-0.3, -0.25) is 9.59 Å². The van der Waals surface area contributed by atoms with Gasteiger partial charge in [0, 0.05) is 24.0 Å². The Kier molecular flexibility index (Phi) is 4.22. The number of aliphatic carboxylic acids is 1. The van der Waals surface area contributed by atoms with Crippen molar-refractivity contribution in [3.05, 3.63) is 30.5 Å². The number of amides is 1. The fraction of sp³-hybridized carbons (Fsp3) is 0.214. The van der Waals surface area contributed by atoms with Gasteiger partial charge in [0.1, 0.15) is 6.04 Å². The predicted octanol–water partition coefficient (Wildman–Crippen LogP) is 1.05. The number of fused-ring (bicyclic) bond motifs is 1. The van der Waals surface area contributed by atoms with E-state index in [1.807, 2.05) is 12.1 Å². The van der Waals surface area contributed by atoms with Crippen LogP contribution in [0.4, 0.5) is 0 Å². The molecular weight excluding hydrogens is 276 g/mol. The van der Waals surface area contributed by atoms with Crippen LogP contribution in [0, 0.1) is 0 Å². The average Bonchev–Trinajstić information content (AvgIpc) is 2.81. The molecule has 1 atom stereocenters. The number of carbonyl (C=O) groups excluding carboxylic acids is 2. The second-order valence-corrected chi connectivity index (χ2v) is 4.47. The minimum Gasteiger partial charge on any atom is -0.480 e. The molecule has 1 amide bonds. The molecule has 0 spiro atoms. The summed E-state index contributed by atoms with van der Waals surface area (Å²) in [4.78, 5) is 36.6. The summed E-state index contributed by atoms with van der Waals surface area (Å²) < 4.78 is 5.15. The van der Waals surface area contributed by atoms with Crippen molar-refractivity contribution in [2.24, 2.45) is 0 Å². The molecule has 7 nitrogen and oxygen atoms in total. The number of aromatic amines is 1. The number of hydrogen-bond donors (Lipinski definition) is 3. The molecule has 0 radical (unpaired) electrons. The zero-order valence-electron chi connectivity index (χ0n) is 11.3. The maximum Gasteiger partial charge on any atom is 0.326 e. The molecule has 110 valence electrons. The molecule has 0 bridgehead atoms. The first-order valence-corrected chi connectivity index (χ1v) is 6.24. The molecule has 0 aliphatic carbocycles. The number of H-pyrrole nitrogens is 1. The third-order valence-electron chi connectivity index (χ3n) is 2.82. The zero-order valence-corrected chi connectivity index (χ0v) is 11.3. The Bertz CT molecular complexity index is 691. The van der Waals surface area contributed by atoms with E-state index in [9.17, 15) is 14.4 Å². The van der Waals surface area contributed by atoms with Crippen LogP contribution >= 0.6 is 0 Å². The number of carboxylic acid groups (broad SMARTS) is 1. The lowest BCUT2D eigenvalue weighted by atomic mass is 10.2. The van der Waals surface area contributed by atoms with Gasteiger partial charge in [0.2, 0.25) is 5.91 Å². The van der Waals surface area contributed by atoms with Crippen LogP contribution in [0.3, 0.4) is 0 Å². The quantitative estimate of drug-likeness (QED) is 0.713. The SMILES string of the molecule is CC(=O)N[C@@H](CC(=O)Oc1c[nH]c2ccccc12)C(=O)O. The summed E-state index contributed by atoms with van der Waals surface area (Å²) in [6.07, 6.45) is 1.07. The van der Waals surface area contributed by atoms with Crippen molar-refractivity contribution in [2.45, 2.75) is 19.4 Å². The number of rotatable bonds is 5. The molecule has 2 aromatic rings. The molecule has 3 N–H and O–H groups in total. The summed E-state index contributed by atoms with van der Waals surface area (Å²) in [6, 6.07) is 5.92. The van der Waals surface area contributed by atoms with Gasteiger partial charge in [-0.1, -0.05) is 12.1 Å². The third kappa shape index (κ3) is 3.59. The molecule has 0 fully saturated rings. The number of benzene rings is 1. The highest BCUT2D eigenvalue weighted by Crippen LogP contribution is 2.25. The van der Waals surface area contributed by atoms with Crippen LogP contribution in [0.2, 0.25) is 0 Å². The molecule has 2 rings (SSSR count). The summed E-state index contributed by atoms with van der Waals surface area (Å²) in [5.41, 5.74) is 0.803. The number of nitrogens with one attached hydrogen (secondary N) is 2. The van der Waals surface area contributed by atoms with Gasteiger partial charge < -0.3 is 20.1 Å². The highest BCUT2D eigenvalue weighted by molar-refractivity contribution is 5.90.